The van der Waals surface area contributed by atoms with Crippen LogP contribution in [-0.2, 0) is 38.2 Å². The van der Waals surface area contributed by atoms with E-state index < -0.39 is 21.4 Å². The first kappa shape index (κ1) is 25.0. The molecular weight excluding hydrogens is 514 g/mol. The average Bonchev–Trinajstić information content (AvgIpc) is 2.71. The maximum absolute atomic E-state index is 10.3. The van der Waals surface area contributed by atoms with Gasteiger partial charge in [0.25, 0.3) is 0 Å². The predicted octanol–water partition coefficient (Wildman–Crippen LogP) is 4.49. The van der Waals surface area contributed by atoms with Gasteiger partial charge in [-0.15, -0.1) is 0 Å². The Balaban J connectivity index is 0.000000218. The Bertz CT molecular complexity index is 1010. The van der Waals surface area contributed by atoms with Crippen molar-refractivity contribution in [2.24, 2.45) is 0 Å². The van der Waals surface area contributed by atoms with Gasteiger partial charge in [-0.1, -0.05) is 69.4 Å². The van der Waals surface area contributed by atoms with Crippen molar-refractivity contribution in [2.75, 3.05) is 0 Å². The SMILES string of the molecule is Cc1ccc([S-](=O)=O)cc1.Cc1ccc([S-](=O)=O)cc1.[Sb][C]#Cc1ccccc1. The van der Waals surface area contributed by atoms with E-state index in [2.05, 4.69) is 9.79 Å². The van der Waals surface area contributed by atoms with Crippen molar-refractivity contribution in [2.45, 2.75) is 23.6 Å². The zero-order chi connectivity index (χ0) is 21.6. The van der Waals surface area contributed by atoms with E-state index in [4.69, 9.17) is 0 Å². The molecule has 0 aliphatic carbocycles. The summed E-state index contributed by atoms with van der Waals surface area (Å²) in [4.78, 5) is 0.677. The molecule has 29 heavy (non-hydrogen) atoms. The van der Waals surface area contributed by atoms with Crippen molar-refractivity contribution in [3.63, 3.8) is 0 Å². The first-order valence-corrected chi connectivity index (χ1v) is 11.8. The van der Waals surface area contributed by atoms with Gasteiger partial charge in [-0.3, -0.25) is 0 Å². The van der Waals surface area contributed by atoms with Crippen molar-refractivity contribution in [1.29, 1.82) is 0 Å². The first-order valence-electron chi connectivity index (χ1n) is 8.35. The number of hydrogen-bond donors (Lipinski definition) is 0. The van der Waals surface area contributed by atoms with Gasteiger partial charge in [0.05, 0.1) is 0 Å². The summed E-state index contributed by atoms with van der Waals surface area (Å²) in [6.45, 7) is 3.83. The summed E-state index contributed by atoms with van der Waals surface area (Å²) in [5.41, 5.74) is 3.22. The molecule has 2 radical (unpaired) electrons. The Morgan fingerprint density at radius 1 is 0.621 bits per heavy atom. The molecule has 0 aliphatic rings. The van der Waals surface area contributed by atoms with Crippen molar-refractivity contribution >= 4 is 44.4 Å². The second-order valence-corrected chi connectivity index (χ2v) is 8.22. The van der Waals surface area contributed by atoms with Crippen LogP contribution in [0.5, 0.6) is 0 Å². The summed E-state index contributed by atoms with van der Waals surface area (Å²) in [7, 11) is -4.17. The van der Waals surface area contributed by atoms with Gasteiger partial charge in [-0.25, -0.2) is 0 Å². The van der Waals surface area contributed by atoms with Crippen LogP contribution in [0.4, 0.5) is 0 Å². The summed E-state index contributed by atoms with van der Waals surface area (Å²) in [6, 6.07) is 23.4. The molecule has 0 heterocycles. The topological polar surface area (TPSA) is 68.3 Å². The standard InChI is InChI=1S/C8H5.2C7H7O2S.Sb/c1-2-8-6-4-3-5-7-8;2*1-6-2-4-7(5-3-6)10(8)9;/h3-7H;2*2-5H,1H3;/q;2*-1;. The number of benzene rings is 3. The molecule has 0 amide bonds. The molecule has 0 N–H and O–H groups in total. The monoisotopic (exact) mass is 532 g/mol. The average molecular weight is 533 g/mol. The van der Waals surface area contributed by atoms with E-state index >= 15 is 0 Å². The van der Waals surface area contributed by atoms with Gasteiger partial charge in [-0.2, -0.15) is 0 Å². The van der Waals surface area contributed by atoms with Crippen LogP contribution in [0.3, 0.4) is 0 Å². The molecule has 3 aromatic carbocycles. The van der Waals surface area contributed by atoms with E-state index in [1.54, 1.807) is 48.5 Å². The van der Waals surface area contributed by atoms with Gasteiger partial charge in [-0.05, 0) is 35.3 Å². The van der Waals surface area contributed by atoms with Crippen LogP contribution in [-0.4, -0.2) is 23.0 Å². The van der Waals surface area contributed by atoms with Crippen molar-refractivity contribution < 1.29 is 16.8 Å². The van der Waals surface area contributed by atoms with Crippen LogP contribution in [0.2, 0.25) is 0 Å². The van der Waals surface area contributed by atoms with Gasteiger partial charge >= 0.3 is 68.7 Å². The molecular formula is C22H19O4S2Sb-2. The maximum atomic E-state index is 10.3. The summed E-state index contributed by atoms with van der Waals surface area (Å²) in [6.07, 6.45) is 0. The zero-order valence-corrected chi connectivity index (χ0v) is 20.1. The van der Waals surface area contributed by atoms with Crippen LogP contribution in [0, 0.1) is 23.6 Å². The third kappa shape index (κ3) is 10.9. The second kappa shape index (κ2) is 14.0. The van der Waals surface area contributed by atoms with E-state index in [0.717, 1.165) is 16.7 Å². The minimum absolute atomic E-state index is 0.339. The third-order valence-electron chi connectivity index (χ3n) is 3.40. The Kier molecular flexibility index (Phi) is 12.1. The van der Waals surface area contributed by atoms with Gasteiger partial charge < -0.3 is 16.8 Å². The molecule has 0 atom stereocenters. The van der Waals surface area contributed by atoms with Crippen LogP contribution in [0.1, 0.15) is 16.7 Å². The van der Waals surface area contributed by atoms with Crippen LogP contribution in [0.15, 0.2) is 88.7 Å². The van der Waals surface area contributed by atoms with Crippen molar-refractivity contribution in [3.8, 4) is 9.79 Å². The molecule has 0 saturated carbocycles. The summed E-state index contributed by atoms with van der Waals surface area (Å²) in [5.74, 6) is 2.98. The Morgan fingerprint density at radius 3 is 1.31 bits per heavy atom. The van der Waals surface area contributed by atoms with Gasteiger partial charge in [0.2, 0.25) is 0 Å². The van der Waals surface area contributed by atoms with Gasteiger partial charge in [0, 0.05) is 0 Å². The third-order valence-corrected chi connectivity index (χ3v) is 5.03. The molecule has 3 rings (SSSR count). The van der Waals surface area contributed by atoms with E-state index in [0.29, 0.717) is 9.79 Å². The number of hydrogen-bond acceptors (Lipinski definition) is 6. The Labute approximate surface area is 189 Å². The molecule has 7 heteroatoms. The van der Waals surface area contributed by atoms with E-state index in [1.165, 1.54) is 23.0 Å². The Morgan fingerprint density at radius 2 is 1.00 bits per heavy atom. The molecule has 0 aliphatic heterocycles. The van der Waals surface area contributed by atoms with E-state index in [-0.39, 0.29) is 0 Å². The quantitative estimate of drug-likeness (QED) is 0.277. The molecule has 0 aromatic heterocycles. The zero-order valence-electron chi connectivity index (χ0n) is 15.9. The minimum atomic E-state index is -2.09. The molecule has 0 fully saturated rings. The fourth-order valence-electron chi connectivity index (χ4n) is 1.88. The molecule has 150 valence electrons. The van der Waals surface area contributed by atoms with Crippen LogP contribution < -0.4 is 0 Å². The summed E-state index contributed by atoms with van der Waals surface area (Å²) in [5, 5.41) is 0. The normalized spacial score (nSPS) is 9.41. The summed E-state index contributed by atoms with van der Waals surface area (Å²) < 4.78 is 44.1. The second-order valence-electron chi connectivity index (χ2n) is 5.70. The molecule has 0 bridgehead atoms. The van der Waals surface area contributed by atoms with E-state index in [1.807, 2.05) is 44.2 Å². The van der Waals surface area contributed by atoms with Gasteiger partial charge in [0.1, 0.15) is 0 Å². The Hall–Kier alpha value is -2.06. The van der Waals surface area contributed by atoms with E-state index in [9.17, 15) is 16.8 Å². The van der Waals surface area contributed by atoms with Gasteiger partial charge in [0.15, 0.2) is 0 Å². The first-order chi connectivity index (χ1) is 13.8. The van der Waals surface area contributed by atoms with Crippen molar-refractivity contribution in [1.82, 2.24) is 0 Å². The number of aryl methyl sites for hydroxylation is 2. The summed E-state index contributed by atoms with van der Waals surface area (Å²) >= 11 is 1.52. The molecule has 4 nitrogen and oxygen atoms in total. The molecule has 0 saturated heterocycles. The fraction of sp³-hybridized carbons (Fsp3) is 0.0909. The molecule has 0 unspecified atom stereocenters. The van der Waals surface area contributed by atoms with Crippen LogP contribution >= 0.6 is 0 Å². The van der Waals surface area contributed by atoms with Crippen molar-refractivity contribution in [3.05, 3.63) is 95.6 Å². The molecule has 0 spiro atoms. The fourth-order valence-corrected chi connectivity index (χ4v) is 2.97. The predicted molar refractivity (Wildman–Crippen MR) is 115 cm³/mol. The van der Waals surface area contributed by atoms with Crippen LogP contribution in [0.25, 0.3) is 0 Å². The molecule has 3 aromatic rings. The number of rotatable bonds is 2.